The predicted octanol–water partition coefficient (Wildman–Crippen LogP) is 8.83. The lowest BCUT2D eigenvalue weighted by Gasteiger charge is -2.11. The van der Waals surface area contributed by atoms with Gasteiger partial charge in [0.1, 0.15) is 7.38 Å². The minimum atomic E-state index is -2.19. The number of benzene rings is 1. The summed E-state index contributed by atoms with van der Waals surface area (Å²) < 4.78 is 0. The number of hydrogen-bond donors (Lipinski definition) is 0. The van der Waals surface area contributed by atoms with Gasteiger partial charge >= 0.3 is 6.00 Å². The maximum Gasteiger partial charge on any atom is 0.338 e. The van der Waals surface area contributed by atoms with Crippen LogP contribution in [0.3, 0.4) is 0 Å². The molecule has 150 valence electrons. The maximum atomic E-state index is 6.20. The Balaban J connectivity index is -0.000000279. The summed E-state index contributed by atoms with van der Waals surface area (Å²) in [6.07, 6.45) is 0. The van der Waals surface area contributed by atoms with Gasteiger partial charge < -0.3 is 0 Å². The molecule has 1 rings (SSSR count). The average molecular weight is 558 g/mol. The summed E-state index contributed by atoms with van der Waals surface area (Å²) >= 11 is 38.3. The maximum absolute atomic E-state index is 6.20. The van der Waals surface area contributed by atoms with Gasteiger partial charge in [0.15, 0.2) is 7.38 Å². The van der Waals surface area contributed by atoms with Gasteiger partial charge in [0, 0.05) is 0 Å². The zero-order valence-corrected chi connectivity index (χ0v) is 25.3. The van der Waals surface area contributed by atoms with Gasteiger partial charge in [-0.15, -0.1) is 55.4 Å². The molecule has 0 unspecified atom stereocenters. The van der Waals surface area contributed by atoms with Gasteiger partial charge in [-0.25, -0.2) is 0 Å². The van der Waals surface area contributed by atoms with E-state index in [2.05, 4.69) is 44.9 Å². The van der Waals surface area contributed by atoms with Crippen LogP contribution >= 0.6 is 77.6 Å². The van der Waals surface area contributed by atoms with Crippen LogP contribution < -0.4 is 5.19 Å². The van der Waals surface area contributed by atoms with Gasteiger partial charge in [0.25, 0.3) is 0 Å². The molecular weight excluding hydrogens is 529 g/mol. The van der Waals surface area contributed by atoms with E-state index in [4.69, 9.17) is 77.6 Å². The summed E-state index contributed by atoms with van der Waals surface area (Å²) in [7, 11) is -2.70. The fraction of sp³-hybridized carbons (Fsp3) is 0.571. The molecule has 0 aliphatic rings. The summed E-state index contributed by atoms with van der Waals surface area (Å²) in [6.45, 7) is 14.2. The van der Waals surface area contributed by atoms with Crippen molar-refractivity contribution >= 4 is 110 Å². The molecule has 0 spiro atoms. The topological polar surface area (TPSA) is 0 Å². The summed E-state index contributed by atoms with van der Waals surface area (Å²) in [5.41, 5.74) is 0. The minimum Gasteiger partial charge on any atom is -0.168 e. The second-order valence-electron chi connectivity index (χ2n) is 7.01. The van der Waals surface area contributed by atoms with Gasteiger partial charge in [0.2, 0.25) is 6.69 Å². The molecule has 0 radical (unpaired) electrons. The van der Waals surface area contributed by atoms with Crippen LogP contribution in [0.15, 0.2) is 30.3 Å². The first kappa shape index (κ1) is 31.8. The Morgan fingerprint density at radius 2 is 0.760 bits per heavy atom. The van der Waals surface area contributed by atoms with Crippen molar-refractivity contribution in [2.75, 3.05) is 0 Å². The Morgan fingerprint density at radius 1 is 0.560 bits per heavy atom. The molecule has 0 heterocycles. The smallest absolute Gasteiger partial charge is 0.168 e. The monoisotopic (exact) mass is 554 g/mol. The summed E-state index contributed by atoms with van der Waals surface area (Å²) in [4.78, 5) is 0. The number of halogens is 7. The zero-order valence-electron chi connectivity index (χ0n) is 16.0. The van der Waals surface area contributed by atoms with E-state index in [1.807, 2.05) is 31.3 Å². The van der Waals surface area contributed by atoms with E-state index < -0.39 is 27.5 Å². The first-order chi connectivity index (χ1) is 10.6. The van der Waals surface area contributed by atoms with Crippen molar-refractivity contribution in [3.05, 3.63) is 30.3 Å². The standard InChI is InChI=1S/C8H11ClSi.C3H9ClSi.C2H6Cl2Si.CH3Cl3Si/c1-10(2,9)8-6-4-3-5-7-8;3*1-5(2,3)4/h3-7H,1-2H3;1-3H3;1-2H3;1H3. The molecule has 1 aromatic carbocycles. The van der Waals surface area contributed by atoms with Crippen molar-refractivity contribution in [2.24, 2.45) is 0 Å². The van der Waals surface area contributed by atoms with Crippen molar-refractivity contribution in [3.8, 4) is 0 Å². The molecule has 0 nitrogen and oxygen atoms in total. The third kappa shape index (κ3) is 58.5. The molecule has 0 fully saturated rings. The number of rotatable bonds is 1. The van der Waals surface area contributed by atoms with Gasteiger partial charge in [-0.2, -0.15) is 22.2 Å². The largest absolute Gasteiger partial charge is 0.338 e. The third-order valence-corrected chi connectivity index (χ3v) is 3.82. The second-order valence-corrected chi connectivity index (χ2v) is 39.9. The minimum absolute atomic E-state index is 1.14. The highest BCUT2D eigenvalue weighted by atomic mass is 35.8. The highest BCUT2D eigenvalue weighted by Crippen LogP contribution is 2.17. The lowest BCUT2D eigenvalue weighted by Crippen LogP contribution is -2.34. The van der Waals surface area contributed by atoms with Crippen LogP contribution in [-0.4, -0.2) is 27.5 Å². The Morgan fingerprint density at radius 3 is 0.880 bits per heavy atom. The number of hydrogen-bond acceptors (Lipinski definition) is 0. The summed E-state index contributed by atoms with van der Waals surface area (Å²) in [5, 5.41) is 1.30. The van der Waals surface area contributed by atoms with Gasteiger partial charge in [-0.1, -0.05) is 63.1 Å². The molecule has 0 aliphatic carbocycles. The lowest BCUT2D eigenvalue weighted by atomic mass is 10.4. The van der Waals surface area contributed by atoms with Crippen LogP contribution in [0.5, 0.6) is 0 Å². The van der Waals surface area contributed by atoms with E-state index in [1.54, 1.807) is 6.55 Å². The highest BCUT2D eigenvalue weighted by Gasteiger charge is 2.18. The lowest BCUT2D eigenvalue weighted by molar-refractivity contribution is 1.73. The molecule has 0 bridgehead atoms. The zero-order chi connectivity index (χ0) is 21.1. The predicted molar refractivity (Wildman–Crippen MR) is 137 cm³/mol. The van der Waals surface area contributed by atoms with Crippen LogP contribution in [0.2, 0.25) is 52.4 Å². The van der Waals surface area contributed by atoms with Gasteiger partial charge in [-0.05, 0) is 24.8 Å². The van der Waals surface area contributed by atoms with E-state index in [1.165, 1.54) is 5.19 Å². The van der Waals surface area contributed by atoms with E-state index in [0.717, 1.165) is 0 Å². The Bertz CT molecular complexity index is 385. The van der Waals surface area contributed by atoms with Crippen molar-refractivity contribution in [3.63, 3.8) is 0 Å². The van der Waals surface area contributed by atoms with E-state index >= 15 is 0 Å². The fourth-order valence-electron chi connectivity index (χ4n) is 0.834. The van der Waals surface area contributed by atoms with Gasteiger partial charge in [-0.3, -0.25) is 0 Å². The molecule has 25 heavy (non-hydrogen) atoms. The normalized spacial score (nSPS) is 11.8. The molecule has 0 saturated heterocycles. The first-order valence-corrected chi connectivity index (χ1v) is 26.6. The van der Waals surface area contributed by atoms with Crippen molar-refractivity contribution in [2.45, 2.75) is 52.4 Å². The molecule has 11 heteroatoms. The van der Waals surface area contributed by atoms with Gasteiger partial charge in [0.05, 0.1) is 0 Å². The molecule has 0 amide bonds. The van der Waals surface area contributed by atoms with Crippen LogP contribution in [-0.2, 0) is 0 Å². The summed E-state index contributed by atoms with van der Waals surface area (Å²) in [5.74, 6) is 0. The first-order valence-electron chi connectivity index (χ1n) is 7.48. The van der Waals surface area contributed by atoms with Crippen LogP contribution in [0.4, 0.5) is 0 Å². The molecule has 0 N–H and O–H groups in total. The third-order valence-electron chi connectivity index (χ3n) is 1.46. The van der Waals surface area contributed by atoms with Crippen LogP contribution in [0.1, 0.15) is 0 Å². The fourth-order valence-corrected chi connectivity index (χ4v) is 2.20. The van der Waals surface area contributed by atoms with Crippen molar-refractivity contribution in [1.29, 1.82) is 0 Å². The SMILES string of the molecule is C[Si](C)(C)Cl.C[Si](C)(Cl)Cl.C[Si](C)(Cl)c1ccccc1.C[Si](Cl)(Cl)Cl. The van der Waals surface area contributed by atoms with E-state index in [9.17, 15) is 0 Å². The Kier molecular flexibility index (Phi) is 18.0. The average Bonchev–Trinajstić information content (AvgIpc) is 2.22. The molecular formula is C14H29Cl7Si4. The van der Waals surface area contributed by atoms with Crippen LogP contribution in [0.25, 0.3) is 0 Å². The van der Waals surface area contributed by atoms with Crippen LogP contribution in [0, 0.1) is 0 Å². The second kappa shape index (κ2) is 14.2. The quantitative estimate of drug-likeness (QED) is 0.239. The van der Waals surface area contributed by atoms with Crippen molar-refractivity contribution < 1.29 is 0 Å². The molecule has 0 aliphatic heterocycles. The van der Waals surface area contributed by atoms with Crippen molar-refractivity contribution in [1.82, 2.24) is 0 Å². The molecule has 0 aromatic heterocycles. The molecule has 0 atom stereocenters. The molecule has 1 aromatic rings. The van der Waals surface area contributed by atoms with E-state index in [-0.39, 0.29) is 0 Å². The Hall–Kier alpha value is 2.12. The molecule has 0 saturated carbocycles. The van der Waals surface area contributed by atoms with E-state index in [0.29, 0.717) is 0 Å². The summed E-state index contributed by atoms with van der Waals surface area (Å²) in [6, 6.07) is 8.08. The highest BCUT2D eigenvalue weighted by molar-refractivity contribution is 7.64. The Labute approximate surface area is 191 Å².